The summed E-state index contributed by atoms with van der Waals surface area (Å²) in [6.45, 7) is 7.02. The van der Waals surface area contributed by atoms with Gasteiger partial charge in [-0.2, -0.15) is 0 Å². The fourth-order valence-electron chi connectivity index (χ4n) is 4.81. The summed E-state index contributed by atoms with van der Waals surface area (Å²) in [6.07, 6.45) is 24.2. The number of allylic oxidation sites excluding steroid dienone is 1. The molecule has 0 saturated heterocycles. The molecule has 35 heavy (non-hydrogen) atoms. The molecule has 0 aromatic heterocycles. The van der Waals surface area contributed by atoms with Crippen molar-refractivity contribution in [3.63, 3.8) is 0 Å². The van der Waals surface area contributed by atoms with Crippen LogP contribution in [-0.2, 0) is 19.0 Å². The largest absolute Gasteiger partial charge is 0.459 e. The van der Waals surface area contributed by atoms with E-state index in [1.165, 1.54) is 17.2 Å². The van der Waals surface area contributed by atoms with Crippen LogP contribution in [0.25, 0.3) is 0 Å². The molecule has 3 aliphatic rings. The SMILES string of the molecule is CC1=C[C@H](C)C[C@@H]2CC=C[C@@H](CC=CC(=O)O[C@H](CC=C[C@@H]3CC(C)=CCO3)CC=C[C@@H](O)C1)O2. The summed E-state index contributed by atoms with van der Waals surface area (Å²) in [5, 5.41) is 10.5. The van der Waals surface area contributed by atoms with Gasteiger partial charge in [0.2, 0.25) is 0 Å². The van der Waals surface area contributed by atoms with Gasteiger partial charge in [-0.1, -0.05) is 72.8 Å². The van der Waals surface area contributed by atoms with Crippen LogP contribution in [0.5, 0.6) is 0 Å². The van der Waals surface area contributed by atoms with E-state index >= 15 is 0 Å². The monoisotopic (exact) mass is 482 g/mol. The van der Waals surface area contributed by atoms with Gasteiger partial charge in [0.1, 0.15) is 6.10 Å². The van der Waals surface area contributed by atoms with Crippen LogP contribution < -0.4 is 0 Å². The van der Waals surface area contributed by atoms with Gasteiger partial charge in [-0.25, -0.2) is 4.79 Å². The predicted molar refractivity (Wildman–Crippen MR) is 140 cm³/mol. The van der Waals surface area contributed by atoms with Crippen LogP contribution >= 0.6 is 0 Å². The molecule has 0 aromatic rings. The zero-order chi connectivity index (χ0) is 25.0. The maximum atomic E-state index is 12.5. The second kappa shape index (κ2) is 14.4. The molecular weight excluding hydrogens is 440 g/mol. The van der Waals surface area contributed by atoms with E-state index in [0.717, 1.165) is 19.3 Å². The van der Waals surface area contributed by atoms with Gasteiger partial charge in [0.25, 0.3) is 0 Å². The highest BCUT2D eigenvalue weighted by atomic mass is 16.5. The molecule has 0 amide bonds. The van der Waals surface area contributed by atoms with Crippen LogP contribution in [0.2, 0.25) is 0 Å². The number of rotatable bonds is 3. The maximum Gasteiger partial charge on any atom is 0.330 e. The Hall–Kier alpha value is -2.21. The highest BCUT2D eigenvalue weighted by Crippen LogP contribution is 2.23. The molecule has 192 valence electrons. The minimum Gasteiger partial charge on any atom is -0.459 e. The molecule has 6 atom stereocenters. The Morgan fingerprint density at radius 1 is 1.06 bits per heavy atom. The smallest absolute Gasteiger partial charge is 0.330 e. The first-order chi connectivity index (χ1) is 16.9. The highest BCUT2D eigenvalue weighted by Gasteiger charge is 2.20. The van der Waals surface area contributed by atoms with Crippen LogP contribution in [0.4, 0.5) is 0 Å². The molecular formula is C30H42O5. The molecule has 0 aliphatic carbocycles. The quantitative estimate of drug-likeness (QED) is 0.399. The molecule has 1 N–H and O–H groups in total. The number of ether oxygens (including phenoxy) is 3. The molecule has 0 unspecified atom stereocenters. The van der Waals surface area contributed by atoms with Crippen molar-refractivity contribution in [2.45, 2.75) is 96.2 Å². The van der Waals surface area contributed by atoms with Crippen molar-refractivity contribution >= 4 is 5.97 Å². The Labute approximate surface area is 210 Å². The summed E-state index contributed by atoms with van der Waals surface area (Å²) in [4.78, 5) is 12.5. The fraction of sp³-hybridized carbons (Fsp3) is 0.567. The molecule has 0 radical (unpaired) electrons. The maximum absolute atomic E-state index is 12.5. The van der Waals surface area contributed by atoms with Gasteiger partial charge in [0.15, 0.2) is 0 Å². The average Bonchev–Trinajstić information content (AvgIpc) is 2.78. The molecule has 3 rings (SSSR count). The fourth-order valence-corrected chi connectivity index (χ4v) is 4.81. The van der Waals surface area contributed by atoms with E-state index in [1.54, 1.807) is 0 Å². The van der Waals surface area contributed by atoms with Crippen LogP contribution in [0.1, 0.15) is 65.7 Å². The average molecular weight is 483 g/mol. The first-order valence-corrected chi connectivity index (χ1v) is 13.0. The second-order valence-corrected chi connectivity index (χ2v) is 10.1. The van der Waals surface area contributed by atoms with Gasteiger partial charge in [0, 0.05) is 18.9 Å². The molecule has 5 nitrogen and oxygen atoms in total. The Morgan fingerprint density at radius 3 is 2.71 bits per heavy atom. The predicted octanol–water partition coefficient (Wildman–Crippen LogP) is 5.92. The third kappa shape index (κ3) is 10.5. The van der Waals surface area contributed by atoms with Gasteiger partial charge < -0.3 is 19.3 Å². The molecule has 0 aromatic carbocycles. The Morgan fingerprint density at radius 2 is 1.89 bits per heavy atom. The molecule has 3 aliphatic heterocycles. The third-order valence-corrected chi connectivity index (χ3v) is 6.53. The third-order valence-electron chi connectivity index (χ3n) is 6.53. The van der Waals surface area contributed by atoms with Crippen molar-refractivity contribution in [2.75, 3.05) is 6.61 Å². The molecule has 0 fully saturated rings. The standard InChI is InChI=1S/C30H42O5/c1-22-16-17-33-28(20-22)13-5-11-27-9-4-8-25(31)19-23(2)18-24(3)21-29-14-6-10-26(34-29)12-7-15-30(32)35-27/h4-8,10,13,15-16,18,24-29,31H,9,11-12,14,17,19-21H2,1-3H3/t24-,25+,26-,27-,28+,29-/m0/s1. The van der Waals surface area contributed by atoms with Crippen molar-refractivity contribution in [1.29, 1.82) is 0 Å². The molecule has 0 saturated carbocycles. The van der Waals surface area contributed by atoms with Crippen molar-refractivity contribution in [2.24, 2.45) is 5.92 Å². The molecule has 3 heterocycles. The Bertz CT molecular complexity index is 862. The van der Waals surface area contributed by atoms with Crippen molar-refractivity contribution in [3.8, 4) is 0 Å². The lowest BCUT2D eigenvalue weighted by atomic mass is 9.95. The summed E-state index contributed by atoms with van der Waals surface area (Å²) in [5.74, 6) is 0.0196. The highest BCUT2D eigenvalue weighted by molar-refractivity contribution is 5.82. The van der Waals surface area contributed by atoms with Crippen molar-refractivity contribution in [1.82, 2.24) is 0 Å². The lowest BCUT2D eigenvalue weighted by molar-refractivity contribution is -0.142. The van der Waals surface area contributed by atoms with Gasteiger partial charge in [-0.3, -0.25) is 0 Å². The number of hydrogen-bond acceptors (Lipinski definition) is 5. The number of aliphatic hydroxyl groups is 1. The molecule has 2 bridgehead atoms. The number of cyclic esters (lactones) is 1. The Balaban J connectivity index is 1.67. The number of carbonyl (C=O) groups excluding carboxylic acids is 1. The number of hydrogen-bond donors (Lipinski definition) is 1. The van der Waals surface area contributed by atoms with Gasteiger partial charge >= 0.3 is 5.97 Å². The second-order valence-electron chi connectivity index (χ2n) is 10.1. The zero-order valence-corrected chi connectivity index (χ0v) is 21.5. The summed E-state index contributed by atoms with van der Waals surface area (Å²) >= 11 is 0. The summed E-state index contributed by atoms with van der Waals surface area (Å²) in [7, 11) is 0. The zero-order valence-electron chi connectivity index (χ0n) is 21.5. The van der Waals surface area contributed by atoms with Crippen molar-refractivity contribution in [3.05, 3.63) is 71.9 Å². The molecule has 0 spiro atoms. The lowest BCUT2D eigenvalue weighted by Crippen LogP contribution is -2.25. The number of fused-ring (bicyclic) bond motifs is 2. The lowest BCUT2D eigenvalue weighted by Gasteiger charge is -2.27. The Kier molecular flexibility index (Phi) is 11.2. The molecule has 5 heteroatoms. The normalized spacial score (nSPS) is 33.5. The summed E-state index contributed by atoms with van der Waals surface area (Å²) < 4.78 is 17.7. The van der Waals surface area contributed by atoms with Gasteiger partial charge in [-0.05, 0) is 51.9 Å². The summed E-state index contributed by atoms with van der Waals surface area (Å²) in [5.41, 5.74) is 2.50. The van der Waals surface area contributed by atoms with E-state index in [2.05, 4.69) is 51.2 Å². The van der Waals surface area contributed by atoms with E-state index < -0.39 is 6.10 Å². The topological polar surface area (TPSA) is 65.0 Å². The van der Waals surface area contributed by atoms with E-state index in [1.807, 2.05) is 24.3 Å². The minimum absolute atomic E-state index is 0.0227. The van der Waals surface area contributed by atoms with Crippen molar-refractivity contribution < 1.29 is 24.1 Å². The van der Waals surface area contributed by atoms with Gasteiger partial charge in [-0.15, -0.1) is 0 Å². The van der Waals surface area contributed by atoms with Crippen LogP contribution in [0, 0.1) is 5.92 Å². The number of esters is 1. The van der Waals surface area contributed by atoms with Crippen LogP contribution in [-0.4, -0.2) is 48.2 Å². The first-order valence-electron chi connectivity index (χ1n) is 13.0. The minimum atomic E-state index is -0.562. The van der Waals surface area contributed by atoms with E-state index in [4.69, 9.17) is 14.2 Å². The number of aliphatic hydroxyl groups excluding tert-OH is 1. The summed E-state index contributed by atoms with van der Waals surface area (Å²) in [6, 6.07) is 0. The van der Waals surface area contributed by atoms with Crippen LogP contribution in [0.15, 0.2) is 71.9 Å². The van der Waals surface area contributed by atoms with E-state index in [0.29, 0.717) is 38.2 Å². The van der Waals surface area contributed by atoms with E-state index in [9.17, 15) is 9.90 Å². The van der Waals surface area contributed by atoms with E-state index in [-0.39, 0.29) is 30.4 Å². The van der Waals surface area contributed by atoms with Crippen LogP contribution in [0.3, 0.4) is 0 Å². The first kappa shape index (κ1) is 27.4. The van der Waals surface area contributed by atoms with Gasteiger partial charge in [0.05, 0.1) is 31.0 Å². The number of carbonyl (C=O) groups is 1.